The zero-order valence-electron chi connectivity index (χ0n) is 12.0. The number of nitrogens with zero attached hydrogens (tertiary/aromatic N) is 1. The van der Waals surface area contributed by atoms with Gasteiger partial charge in [0.1, 0.15) is 0 Å². The molecule has 0 spiro atoms. The van der Waals surface area contributed by atoms with Gasteiger partial charge in [-0.15, -0.1) is 0 Å². The van der Waals surface area contributed by atoms with E-state index in [-0.39, 0.29) is 0 Å². The zero-order valence-corrected chi connectivity index (χ0v) is 14.2. The van der Waals surface area contributed by atoms with Gasteiger partial charge in [-0.25, -0.2) is 0 Å². The minimum atomic E-state index is 0.978. The Morgan fingerprint density at radius 3 is 2.47 bits per heavy atom. The molecular formula is C15H29IN+. The predicted molar refractivity (Wildman–Crippen MR) is 85.6 cm³/mol. The molecule has 1 aliphatic rings. The number of quaternary nitrogens is 1. The lowest BCUT2D eigenvalue weighted by atomic mass is 9.93. The van der Waals surface area contributed by atoms with Crippen LogP contribution in [0.3, 0.4) is 0 Å². The highest BCUT2D eigenvalue weighted by molar-refractivity contribution is 14.1. The second kappa shape index (κ2) is 7.13. The van der Waals surface area contributed by atoms with Gasteiger partial charge in [0.15, 0.2) is 0 Å². The van der Waals surface area contributed by atoms with E-state index in [1.165, 1.54) is 43.1 Å². The first-order valence-corrected chi connectivity index (χ1v) is 8.47. The van der Waals surface area contributed by atoms with Crippen molar-refractivity contribution >= 4 is 22.6 Å². The van der Waals surface area contributed by atoms with Gasteiger partial charge in [0.2, 0.25) is 0 Å². The first-order chi connectivity index (χ1) is 7.92. The smallest absolute Gasteiger partial charge is 0.0818 e. The normalized spacial score (nSPS) is 26.5. The number of hydrogen-bond acceptors (Lipinski definition) is 0. The summed E-state index contributed by atoms with van der Waals surface area (Å²) in [6.07, 6.45) is 9.50. The summed E-state index contributed by atoms with van der Waals surface area (Å²) in [5.41, 5.74) is 1.59. The van der Waals surface area contributed by atoms with Crippen molar-refractivity contribution in [2.24, 2.45) is 11.8 Å². The minimum absolute atomic E-state index is 0.978. The van der Waals surface area contributed by atoms with Gasteiger partial charge in [0, 0.05) is 10.8 Å². The quantitative estimate of drug-likeness (QED) is 0.290. The molecule has 0 bridgehead atoms. The third kappa shape index (κ3) is 6.23. The van der Waals surface area contributed by atoms with Crippen LogP contribution < -0.4 is 0 Å². The van der Waals surface area contributed by atoms with E-state index in [4.69, 9.17) is 0 Å². The van der Waals surface area contributed by atoms with Crippen LogP contribution in [-0.4, -0.2) is 36.6 Å². The molecule has 100 valence electrons. The van der Waals surface area contributed by atoms with Crippen molar-refractivity contribution in [1.29, 1.82) is 0 Å². The van der Waals surface area contributed by atoms with E-state index in [0.717, 1.165) is 16.3 Å². The minimum Gasteiger partial charge on any atom is -0.331 e. The fourth-order valence-corrected chi connectivity index (χ4v) is 3.75. The fourth-order valence-electron chi connectivity index (χ4n) is 2.59. The molecule has 0 aromatic carbocycles. The summed E-state index contributed by atoms with van der Waals surface area (Å²) in [5, 5.41) is 0. The van der Waals surface area contributed by atoms with E-state index in [2.05, 4.69) is 56.7 Å². The third-order valence-corrected chi connectivity index (χ3v) is 5.09. The van der Waals surface area contributed by atoms with Crippen molar-refractivity contribution in [3.63, 3.8) is 0 Å². The van der Waals surface area contributed by atoms with Crippen molar-refractivity contribution in [2.45, 2.75) is 39.0 Å². The largest absolute Gasteiger partial charge is 0.331 e. The van der Waals surface area contributed by atoms with E-state index in [0.29, 0.717) is 0 Å². The molecule has 0 amide bonds. The number of halogens is 1. The van der Waals surface area contributed by atoms with Gasteiger partial charge in [-0.3, -0.25) is 0 Å². The first-order valence-electron chi connectivity index (χ1n) is 6.94. The number of allylic oxidation sites excluding steroid dienone is 1. The molecular weight excluding hydrogens is 321 g/mol. The lowest BCUT2D eigenvalue weighted by Gasteiger charge is -2.24. The van der Waals surface area contributed by atoms with Crippen molar-refractivity contribution in [3.8, 4) is 0 Å². The molecule has 1 nitrogen and oxygen atoms in total. The SMILES string of the molecule is C/C(=C\C[C@@H]1CCC[C@H]1CI)CC[N+](C)(C)C. The van der Waals surface area contributed by atoms with Gasteiger partial charge >= 0.3 is 0 Å². The van der Waals surface area contributed by atoms with Gasteiger partial charge in [0.05, 0.1) is 27.7 Å². The van der Waals surface area contributed by atoms with Crippen LogP contribution in [0.15, 0.2) is 11.6 Å². The molecule has 0 aromatic rings. The molecule has 0 aromatic heterocycles. The van der Waals surface area contributed by atoms with Crippen molar-refractivity contribution < 1.29 is 4.48 Å². The van der Waals surface area contributed by atoms with Crippen LogP contribution >= 0.6 is 22.6 Å². The van der Waals surface area contributed by atoms with E-state index in [1.807, 2.05) is 0 Å². The average Bonchev–Trinajstić information content (AvgIpc) is 2.69. The second-order valence-electron chi connectivity index (χ2n) is 6.66. The lowest BCUT2D eigenvalue weighted by Crippen LogP contribution is -2.35. The summed E-state index contributed by atoms with van der Waals surface area (Å²) in [6, 6.07) is 0. The Hall–Kier alpha value is 0.430. The van der Waals surface area contributed by atoms with Gasteiger partial charge in [-0.2, -0.15) is 0 Å². The Morgan fingerprint density at radius 1 is 1.24 bits per heavy atom. The maximum atomic E-state index is 2.57. The Kier molecular flexibility index (Phi) is 6.49. The van der Waals surface area contributed by atoms with Gasteiger partial charge in [-0.1, -0.05) is 40.7 Å². The standard InChI is InChI=1S/C15H29IN/c1-13(10-11-17(2,3)4)8-9-14-6-5-7-15(14)12-16/h8,14-15H,5-7,9-12H2,1-4H3/q+1/b13-8+/t14-,15-/m0/s1. The van der Waals surface area contributed by atoms with Crippen molar-refractivity contribution in [3.05, 3.63) is 11.6 Å². The van der Waals surface area contributed by atoms with Crippen molar-refractivity contribution in [2.75, 3.05) is 32.1 Å². The number of rotatable bonds is 6. The van der Waals surface area contributed by atoms with E-state index >= 15 is 0 Å². The van der Waals surface area contributed by atoms with Gasteiger partial charge in [-0.05, 0) is 38.0 Å². The van der Waals surface area contributed by atoms with Crippen LogP contribution in [0.2, 0.25) is 0 Å². The maximum absolute atomic E-state index is 2.57. The molecule has 1 rings (SSSR count). The molecule has 1 aliphatic carbocycles. The van der Waals surface area contributed by atoms with E-state index in [9.17, 15) is 0 Å². The molecule has 2 atom stereocenters. The molecule has 0 N–H and O–H groups in total. The Bertz CT molecular complexity index is 252. The Balaban J connectivity index is 2.32. The number of hydrogen-bond donors (Lipinski definition) is 0. The topological polar surface area (TPSA) is 0 Å². The monoisotopic (exact) mass is 350 g/mol. The van der Waals surface area contributed by atoms with Crippen LogP contribution in [0.25, 0.3) is 0 Å². The van der Waals surface area contributed by atoms with Crippen LogP contribution in [-0.2, 0) is 0 Å². The molecule has 0 aliphatic heterocycles. The molecule has 0 radical (unpaired) electrons. The lowest BCUT2D eigenvalue weighted by molar-refractivity contribution is -0.870. The molecule has 2 heteroatoms. The van der Waals surface area contributed by atoms with Crippen molar-refractivity contribution in [1.82, 2.24) is 0 Å². The highest BCUT2D eigenvalue weighted by Gasteiger charge is 2.24. The Morgan fingerprint density at radius 2 is 1.88 bits per heavy atom. The molecule has 0 heterocycles. The van der Waals surface area contributed by atoms with Crippen LogP contribution in [0.4, 0.5) is 0 Å². The van der Waals surface area contributed by atoms with Gasteiger partial charge < -0.3 is 4.48 Å². The fraction of sp³-hybridized carbons (Fsp3) is 0.867. The van der Waals surface area contributed by atoms with E-state index in [1.54, 1.807) is 5.57 Å². The zero-order chi connectivity index (χ0) is 12.9. The summed E-state index contributed by atoms with van der Waals surface area (Å²) < 4.78 is 2.43. The van der Waals surface area contributed by atoms with Crippen LogP contribution in [0, 0.1) is 11.8 Å². The highest BCUT2D eigenvalue weighted by atomic mass is 127. The Labute approximate surface area is 121 Å². The third-order valence-electron chi connectivity index (χ3n) is 3.96. The summed E-state index contributed by atoms with van der Waals surface area (Å²) in [7, 11) is 6.82. The molecule has 0 saturated heterocycles. The first kappa shape index (κ1) is 15.5. The maximum Gasteiger partial charge on any atom is 0.0818 e. The molecule has 17 heavy (non-hydrogen) atoms. The summed E-state index contributed by atoms with van der Waals surface area (Å²) in [4.78, 5) is 0. The molecule has 1 fully saturated rings. The van der Waals surface area contributed by atoms with Crippen LogP contribution in [0.1, 0.15) is 39.0 Å². The predicted octanol–water partition coefficient (Wildman–Crippen LogP) is 4.27. The highest BCUT2D eigenvalue weighted by Crippen LogP contribution is 2.35. The van der Waals surface area contributed by atoms with Gasteiger partial charge in [0.25, 0.3) is 0 Å². The summed E-state index contributed by atoms with van der Waals surface area (Å²) in [6.45, 7) is 3.56. The molecule has 1 saturated carbocycles. The van der Waals surface area contributed by atoms with E-state index < -0.39 is 0 Å². The van der Waals surface area contributed by atoms with Crippen LogP contribution in [0.5, 0.6) is 0 Å². The summed E-state index contributed by atoms with van der Waals surface area (Å²) >= 11 is 2.57. The molecule has 0 unspecified atom stereocenters. The average molecular weight is 350 g/mol. The number of alkyl halides is 1. The summed E-state index contributed by atoms with van der Waals surface area (Å²) in [5.74, 6) is 1.98. The second-order valence-corrected chi connectivity index (χ2v) is 7.54.